The lowest BCUT2D eigenvalue weighted by Crippen LogP contribution is -2.25. The number of carbonyl (C=O) groups excluding carboxylic acids is 1. The third kappa shape index (κ3) is 3.39. The lowest BCUT2D eigenvalue weighted by Gasteiger charge is -2.23. The molecule has 0 aromatic heterocycles. The molecule has 0 aliphatic carbocycles. The van der Waals surface area contributed by atoms with Crippen molar-refractivity contribution >= 4 is 11.8 Å². The van der Waals surface area contributed by atoms with Crippen molar-refractivity contribution < 1.29 is 13.9 Å². The lowest BCUT2D eigenvalue weighted by atomic mass is 10.1. The summed E-state index contributed by atoms with van der Waals surface area (Å²) >= 11 is 0. The molecule has 0 bridgehead atoms. The number of rotatable bonds is 4. The molecule has 1 saturated heterocycles. The highest BCUT2D eigenvalue weighted by molar-refractivity contribution is 5.64. The van der Waals surface area contributed by atoms with Crippen LogP contribution in [0.25, 0.3) is 0 Å². The number of ether oxygens (including phenoxy) is 1. The molecular formula is C14H20FN3O2. The molecule has 1 fully saturated rings. The molecule has 1 heterocycles. The van der Waals surface area contributed by atoms with Gasteiger partial charge in [0.25, 0.3) is 0 Å². The molecule has 110 valence electrons. The van der Waals surface area contributed by atoms with E-state index in [0.717, 1.165) is 30.8 Å². The van der Waals surface area contributed by atoms with Crippen molar-refractivity contribution in [1.29, 1.82) is 0 Å². The molecule has 0 radical (unpaired) electrons. The highest BCUT2D eigenvalue weighted by atomic mass is 19.1. The van der Waals surface area contributed by atoms with Crippen LogP contribution in [0.4, 0.5) is 14.9 Å². The average Bonchev–Trinajstić information content (AvgIpc) is 2.84. The first-order valence-electron chi connectivity index (χ1n) is 6.69. The monoisotopic (exact) mass is 281 g/mol. The van der Waals surface area contributed by atoms with Crippen LogP contribution in [0.15, 0.2) is 18.2 Å². The number of hydrogen-bond acceptors (Lipinski definition) is 4. The fourth-order valence-corrected chi connectivity index (χ4v) is 2.57. The van der Waals surface area contributed by atoms with Crippen LogP contribution in [0.2, 0.25) is 0 Å². The van der Waals surface area contributed by atoms with Crippen molar-refractivity contribution in [2.45, 2.75) is 19.4 Å². The summed E-state index contributed by atoms with van der Waals surface area (Å²) in [6.45, 7) is 3.74. The fraction of sp³-hybridized carbons (Fsp3) is 0.500. The van der Waals surface area contributed by atoms with Crippen LogP contribution >= 0.6 is 0 Å². The zero-order valence-electron chi connectivity index (χ0n) is 11.5. The second kappa shape index (κ2) is 6.09. The molecule has 1 unspecified atom stereocenters. The van der Waals surface area contributed by atoms with E-state index in [1.54, 1.807) is 6.07 Å². The first kappa shape index (κ1) is 14.6. The predicted octanol–water partition coefficient (Wildman–Crippen LogP) is 1.77. The molecule has 1 amide bonds. The maximum absolute atomic E-state index is 13.3. The van der Waals surface area contributed by atoms with Gasteiger partial charge in [0.15, 0.2) is 0 Å². The maximum Gasteiger partial charge on any atom is 0.404 e. The van der Waals surface area contributed by atoms with E-state index in [-0.39, 0.29) is 17.8 Å². The Morgan fingerprint density at radius 3 is 3.00 bits per heavy atom. The molecule has 1 aliphatic rings. The van der Waals surface area contributed by atoms with Gasteiger partial charge < -0.3 is 21.1 Å². The van der Waals surface area contributed by atoms with Crippen molar-refractivity contribution in [1.82, 2.24) is 0 Å². The summed E-state index contributed by atoms with van der Waals surface area (Å²) in [6.07, 6.45) is 0.157. The van der Waals surface area contributed by atoms with Crippen molar-refractivity contribution in [2.75, 3.05) is 24.6 Å². The van der Waals surface area contributed by atoms with Gasteiger partial charge in [-0.05, 0) is 37.1 Å². The van der Waals surface area contributed by atoms with Crippen LogP contribution < -0.4 is 16.4 Å². The van der Waals surface area contributed by atoms with Crippen LogP contribution in [-0.2, 0) is 4.74 Å². The minimum Gasteiger partial charge on any atom is -0.449 e. The SMILES string of the molecule is CC(N)c1cc(F)ccc1N1CC[C@@H](COC(N)=O)C1. The van der Waals surface area contributed by atoms with E-state index >= 15 is 0 Å². The van der Waals surface area contributed by atoms with E-state index in [0.29, 0.717) is 6.61 Å². The molecule has 1 aromatic rings. The Balaban J connectivity index is 2.08. The molecule has 5 nitrogen and oxygen atoms in total. The zero-order valence-corrected chi connectivity index (χ0v) is 11.5. The molecular weight excluding hydrogens is 261 g/mol. The largest absolute Gasteiger partial charge is 0.449 e. The number of carbonyl (C=O) groups is 1. The van der Waals surface area contributed by atoms with Crippen molar-refractivity contribution in [3.63, 3.8) is 0 Å². The molecule has 2 atom stereocenters. The summed E-state index contributed by atoms with van der Waals surface area (Å²) < 4.78 is 18.2. The van der Waals surface area contributed by atoms with Crippen LogP contribution in [0.3, 0.4) is 0 Å². The van der Waals surface area contributed by atoms with Crippen LogP contribution in [0, 0.1) is 11.7 Å². The molecule has 1 aromatic carbocycles. The van der Waals surface area contributed by atoms with E-state index in [2.05, 4.69) is 4.90 Å². The van der Waals surface area contributed by atoms with Gasteiger partial charge in [-0.2, -0.15) is 0 Å². The van der Waals surface area contributed by atoms with E-state index in [4.69, 9.17) is 16.2 Å². The third-order valence-electron chi connectivity index (χ3n) is 3.57. The summed E-state index contributed by atoms with van der Waals surface area (Å²) in [5.74, 6) is -0.0395. The number of anilines is 1. The number of nitrogens with two attached hydrogens (primary N) is 2. The average molecular weight is 281 g/mol. The number of hydrogen-bond donors (Lipinski definition) is 2. The van der Waals surface area contributed by atoms with E-state index in [9.17, 15) is 9.18 Å². The normalized spacial score (nSPS) is 19.9. The Kier molecular flexibility index (Phi) is 4.44. The van der Waals surface area contributed by atoms with E-state index < -0.39 is 6.09 Å². The van der Waals surface area contributed by atoms with Crippen LogP contribution in [-0.4, -0.2) is 25.8 Å². The van der Waals surface area contributed by atoms with Crippen LogP contribution in [0.1, 0.15) is 24.9 Å². The van der Waals surface area contributed by atoms with Gasteiger partial charge in [-0.25, -0.2) is 9.18 Å². The summed E-state index contributed by atoms with van der Waals surface area (Å²) in [6, 6.07) is 4.44. The summed E-state index contributed by atoms with van der Waals surface area (Å²) in [7, 11) is 0. The molecule has 0 saturated carbocycles. The van der Waals surface area contributed by atoms with Gasteiger partial charge >= 0.3 is 6.09 Å². The minimum atomic E-state index is -0.749. The molecule has 6 heteroatoms. The predicted molar refractivity (Wildman–Crippen MR) is 74.9 cm³/mol. The van der Waals surface area contributed by atoms with Gasteiger partial charge in [0.2, 0.25) is 0 Å². The van der Waals surface area contributed by atoms with E-state index in [1.807, 2.05) is 6.92 Å². The fourth-order valence-electron chi connectivity index (χ4n) is 2.57. The Hall–Kier alpha value is -1.82. The number of nitrogens with zero attached hydrogens (tertiary/aromatic N) is 1. The molecule has 20 heavy (non-hydrogen) atoms. The lowest BCUT2D eigenvalue weighted by molar-refractivity contribution is 0.140. The molecule has 4 N–H and O–H groups in total. The molecule has 1 aliphatic heterocycles. The molecule has 0 spiro atoms. The highest BCUT2D eigenvalue weighted by Crippen LogP contribution is 2.30. The topological polar surface area (TPSA) is 81.6 Å². The number of benzene rings is 1. The van der Waals surface area contributed by atoms with Gasteiger partial charge in [0.05, 0.1) is 6.61 Å². The first-order valence-corrected chi connectivity index (χ1v) is 6.69. The Morgan fingerprint density at radius 1 is 1.60 bits per heavy atom. The van der Waals surface area contributed by atoms with Gasteiger partial charge in [0, 0.05) is 30.7 Å². The van der Waals surface area contributed by atoms with Gasteiger partial charge in [-0.15, -0.1) is 0 Å². The number of amides is 1. The second-order valence-corrected chi connectivity index (χ2v) is 5.22. The zero-order chi connectivity index (χ0) is 14.7. The van der Waals surface area contributed by atoms with Gasteiger partial charge in [-0.1, -0.05) is 0 Å². The smallest absolute Gasteiger partial charge is 0.404 e. The number of halogens is 1. The standard InChI is InChI=1S/C14H20FN3O2/c1-9(16)12-6-11(15)2-3-13(12)18-5-4-10(7-18)8-20-14(17)19/h2-3,6,9-10H,4-5,7-8,16H2,1H3,(H2,17,19)/t9?,10-/m1/s1. The van der Waals surface area contributed by atoms with Gasteiger partial charge in [-0.3, -0.25) is 0 Å². The number of primary amides is 1. The minimum absolute atomic E-state index is 0.235. The summed E-state index contributed by atoms with van der Waals surface area (Å²) in [4.78, 5) is 12.8. The maximum atomic E-state index is 13.3. The Morgan fingerprint density at radius 2 is 2.35 bits per heavy atom. The Labute approximate surface area is 117 Å². The highest BCUT2D eigenvalue weighted by Gasteiger charge is 2.25. The first-order chi connectivity index (χ1) is 9.47. The second-order valence-electron chi connectivity index (χ2n) is 5.22. The van der Waals surface area contributed by atoms with Crippen molar-refractivity contribution in [3.05, 3.63) is 29.6 Å². The third-order valence-corrected chi connectivity index (χ3v) is 3.57. The quantitative estimate of drug-likeness (QED) is 0.881. The van der Waals surface area contributed by atoms with Crippen LogP contribution in [0.5, 0.6) is 0 Å². The van der Waals surface area contributed by atoms with E-state index in [1.165, 1.54) is 12.1 Å². The Bertz CT molecular complexity index is 493. The molecule has 2 rings (SSSR count). The summed E-state index contributed by atoms with van der Waals surface area (Å²) in [5.41, 5.74) is 12.6. The van der Waals surface area contributed by atoms with Gasteiger partial charge in [0.1, 0.15) is 5.82 Å². The van der Waals surface area contributed by atoms with Crippen molar-refractivity contribution in [2.24, 2.45) is 17.4 Å². The summed E-state index contributed by atoms with van der Waals surface area (Å²) in [5, 5.41) is 0. The van der Waals surface area contributed by atoms with Crippen molar-refractivity contribution in [3.8, 4) is 0 Å².